The molecule has 0 atom stereocenters. The summed E-state index contributed by atoms with van der Waals surface area (Å²) < 4.78 is 0. The summed E-state index contributed by atoms with van der Waals surface area (Å²) in [5.41, 5.74) is 1.66. The molecule has 86 valence electrons. The molecule has 1 aromatic rings. The van der Waals surface area contributed by atoms with Crippen LogP contribution in [-0.2, 0) is 11.2 Å². The van der Waals surface area contributed by atoms with Crippen LogP contribution in [0.1, 0.15) is 22.3 Å². The highest BCUT2D eigenvalue weighted by Gasteiger charge is 2.24. The van der Waals surface area contributed by atoms with Crippen molar-refractivity contribution >= 4 is 17.6 Å². The largest absolute Gasteiger partial charge is 0.478 e. The maximum absolute atomic E-state index is 11.6. The minimum absolute atomic E-state index is 0.00173. The van der Waals surface area contributed by atoms with Crippen LogP contribution in [0.5, 0.6) is 0 Å². The second-order valence-electron chi connectivity index (χ2n) is 3.79. The Balaban J connectivity index is 2.44. The summed E-state index contributed by atoms with van der Waals surface area (Å²) in [7, 11) is 0. The van der Waals surface area contributed by atoms with E-state index in [1.165, 1.54) is 11.0 Å². The van der Waals surface area contributed by atoms with Gasteiger partial charge >= 0.3 is 5.97 Å². The quantitative estimate of drug-likeness (QED) is 0.773. The van der Waals surface area contributed by atoms with Crippen molar-refractivity contribution in [2.75, 3.05) is 11.4 Å². The van der Waals surface area contributed by atoms with Gasteiger partial charge in [0.15, 0.2) is 0 Å². The summed E-state index contributed by atoms with van der Waals surface area (Å²) in [6.45, 7) is -0.00173. The fraction of sp³-hybridized carbons (Fsp3) is 0.250. The second-order valence-corrected chi connectivity index (χ2v) is 3.79. The van der Waals surface area contributed by atoms with Crippen molar-refractivity contribution < 1.29 is 14.7 Å². The van der Waals surface area contributed by atoms with Gasteiger partial charge in [0.1, 0.15) is 6.54 Å². The number of nitriles is 1. The number of rotatable bonds is 2. The van der Waals surface area contributed by atoms with Crippen molar-refractivity contribution in [1.82, 2.24) is 0 Å². The van der Waals surface area contributed by atoms with Crippen molar-refractivity contribution in [1.29, 1.82) is 5.26 Å². The number of hydrogen-bond donors (Lipinski definition) is 1. The minimum Gasteiger partial charge on any atom is -0.478 e. The van der Waals surface area contributed by atoms with Crippen molar-refractivity contribution in [2.45, 2.75) is 12.8 Å². The van der Waals surface area contributed by atoms with Crippen LogP contribution in [0.3, 0.4) is 0 Å². The Morgan fingerprint density at radius 3 is 2.88 bits per heavy atom. The highest BCUT2D eigenvalue weighted by atomic mass is 16.4. The lowest BCUT2D eigenvalue weighted by Crippen LogP contribution is -2.35. The Hall–Kier alpha value is -2.35. The number of carbonyl (C=O) groups excluding carboxylic acids is 1. The zero-order chi connectivity index (χ0) is 12.4. The standard InChI is InChI=1S/C12H10N2O3/c13-5-6-14-10-3-1-9(12(16)17)7-8(10)2-4-11(14)15/h1,3,7H,2,4,6H2,(H,16,17). The highest BCUT2D eigenvalue weighted by Crippen LogP contribution is 2.28. The van der Waals surface area contributed by atoms with Gasteiger partial charge in [-0.15, -0.1) is 0 Å². The van der Waals surface area contributed by atoms with Gasteiger partial charge in [-0.05, 0) is 30.2 Å². The molecule has 0 aliphatic carbocycles. The van der Waals surface area contributed by atoms with Crippen molar-refractivity contribution in [3.8, 4) is 6.07 Å². The van der Waals surface area contributed by atoms with E-state index >= 15 is 0 Å². The summed E-state index contributed by atoms with van der Waals surface area (Å²) in [5, 5.41) is 17.5. The molecule has 5 nitrogen and oxygen atoms in total. The predicted molar refractivity (Wildman–Crippen MR) is 59.7 cm³/mol. The van der Waals surface area contributed by atoms with E-state index in [2.05, 4.69) is 0 Å². The van der Waals surface area contributed by atoms with Crippen LogP contribution in [0.25, 0.3) is 0 Å². The SMILES string of the molecule is N#CCN1C(=O)CCc2cc(C(=O)O)ccc21. The molecule has 0 bridgehead atoms. The summed E-state index contributed by atoms with van der Waals surface area (Å²) in [6.07, 6.45) is 0.842. The molecular formula is C12H10N2O3. The average molecular weight is 230 g/mol. The summed E-state index contributed by atoms with van der Waals surface area (Å²) >= 11 is 0. The van der Waals surface area contributed by atoms with Crippen LogP contribution < -0.4 is 4.90 Å². The Kier molecular flexibility index (Phi) is 2.79. The number of benzene rings is 1. The third kappa shape index (κ3) is 1.97. The lowest BCUT2D eigenvalue weighted by Gasteiger charge is -2.27. The van der Waals surface area contributed by atoms with Gasteiger partial charge in [-0.25, -0.2) is 4.79 Å². The number of amides is 1. The van der Waals surface area contributed by atoms with Gasteiger partial charge in [0, 0.05) is 12.1 Å². The van der Waals surface area contributed by atoms with Gasteiger partial charge < -0.3 is 5.11 Å². The van der Waals surface area contributed by atoms with E-state index in [0.29, 0.717) is 18.5 Å². The van der Waals surface area contributed by atoms with E-state index in [1.807, 2.05) is 6.07 Å². The van der Waals surface area contributed by atoms with E-state index in [1.54, 1.807) is 12.1 Å². The van der Waals surface area contributed by atoms with Gasteiger partial charge in [-0.2, -0.15) is 5.26 Å². The number of aryl methyl sites for hydroxylation is 1. The first-order valence-electron chi connectivity index (χ1n) is 5.17. The third-order valence-electron chi connectivity index (χ3n) is 2.76. The molecule has 17 heavy (non-hydrogen) atoms. The number of carboxylic acids is 1. The third-order valence-corrected chi connectivity index (χ3v) is 2.76. The molecule has 1 N–H and O–H groups in total. The Morgan fingerprint density at radius 1 is 1.47 bits per heavy atom. The van der Waals surface area contributed by atoms with Crippen molar-refractivity contribution in [3.05, 3.63) is 29.3 Å². The highest BCUT2D eigenvalue weighted by molar-refractivity contribution is 5.98. The Labute approximate surface area is 97.9 Å². The van der Waals surface area contributed by atoms with E-state index in [0.717, 1.165) is 5.56 Å². The van der Waals surface area contributed by atoms with Crippen molar-refractivity contribution in [2.24, 2.45) is 0 Å². The van der Waals surface area contributed by atoms with Crippen molar-refractivity contribution in [3.63, 3.8) is 0 Å². The number of fused-ring (bicyclic) bond motifs is 1. The first kappa shape index (κ1) is 11.1. The fourth-order valence-corrected chi connectivity index (χ4v) is 1.94. The molecule has 1 heterocycles. The topological polar surface area (TPSA) is 81.4 Å². The second kappa shape index (κ2) is 4.26. The molecule has 0 saturated heterocycles. The number of nitrogens with zero attached hydrogens (tertiary/aromatic N) is 2. The van der Waals surface area contributed by atoms with Crippen LogP contribution in [0, 0.1) is 11.3 Å². The molecule has 0 saturated carbocycles. The molecule has 0 spiro atoms. The molecule has 1 aliphatic heterocycles. The zero-order valence-electron chi connectivity index (χ0n) is 9.01. The Bertz CT molecular complexity index is 531. The first-order chi connectivity index (χ1) is 8.13. The van der Waals surface area contributed by atoms with E-state index < -0.39 is 5.97 Å². The first-order valence-corrected chi connectivity index (χ1v) is 5.17. The molecule has 0 fully saturated rings. The summed E-state index contributed by atoms with van der Waals surface area (Å²) in [5.74, 6) is -1.08. The van der Waals surface area contributed by atoms with Crippen LogP contribution in [0.15, 0.2) is 18.2 Å². The number of anilines is 1. The van der Waals surface area contributed by atoms with Gasteiger partial charge in [-0.1, -0.05) is 0 Å². The van der Waals surface area contributed by atoms with Gasteiger partial charge in [-0.3, -0.25) is 9.69 Å². The number of hydrogen-bond acceptors (Lipinski definition) is 3. The smallest absolute Gasteiger partial charge is 0.335 e. The van der Waals surface area contributed by atoms with Crippen LogP contribution in [0.2, 0.25) is 0 Å². The monoisotopic (exact) mass is 230 g/mol. The minimum atomic E-state index is -0.989. The van der Waals surface area contributed by atoms with E-state index in [-0.39, 0.29) is 18.0 Å². The van der Waals surface area contributed by atoms with Crippen LogP contribution in [-0.4, -0.2) is 23.5 Å². The Morgan fingerprint density at radius 2 is 2.24 bits per heavy atom. The molecule has 1 amide bonds. The molecule has 0 aromatic heterocycles. The zero-order valence-corrected chi connectivity index (χ0v) is 9.01. The number of aromatic carboxylic acids is 1. The van der Waals surface area contributed by atoms with Gasteiger partial charge in [0.25, 0.3) is 0 Å². The maximum Gasteiger partial charge on any atom is 0.335 e. The van der Waals surface area contributed by atoms with Crippen LogP contribution in [0.4, 0.5) is 5.69 Å². The average Bonchev–Trinajstić information content (AvgIpc) is 2.32. The normalized spacial score (nSPS) is 14.1. The molecule has 5 heteroatoms. The molecule has 1 aliphatic rings. The molecular weight excluding hydrogens is 220 g/mol. The fourth-order valence-electron chi connectivity index (χ4n) is 1.94. The summed E-state index contributed by atoms with van der Waals surface area (Å²) in [4.78, 5) is 23.8. The number of carboxylic acid groups (broad SMARTS) is 1. The molecule has 0 radical (unpaired) electrons. The molecule has 2 rings (SSSR count). The molecule has 0 unspecified atom stereocenters. The lowest BCUT2D eigenvalue weighted by molar-refractivity contribution is -0.118. The maximum atomic E-state index is 11.6. The molecule has 1 aromatic carbocycles. The van der Waals surface area contributed by atoms with Gasteiger partial charge in [0.05, 0.1) is 11.6 Å². The van der Waals surface area contributed by atoms with E-state index in [4.69, 9.17) is 10.4 Å². The number of carbonyl (C=O) groups is 2. The van der Waals surface area contributed by atoms with Gasteiger partial charge in [0.2, 0.25) is 5.91 Å². The van der Waals surface area contributed by atoms with E-state index in [9.17, 15) is 9.59 Å². The summed E-state index contributed by atoms with van der Waals surface area (Å²) in [6, 6.07) is 6.54. The van der Waals surface area contributed by atoms with Crippen LogP contribution >= 0.6 is 0 Å². The predicted octanol–water partition coefficient (Wildman–Crippen LogP) is 1.19. The lowest BCUT2D eigenvalue weighted by atomic mass is 9.99.